The average Bonchev–Trinajstić information content (AvgIpc) is 3.37. The van der Waals surface area contributed by atoms with E-state index < -0.39 is 33.0 Å². The second-order valence-electron chi connectivity index (χ2n) is 11.7. The number of benzene rings is 2. The first kappa shape index (κ1) is 28.9. The summed E-state index contributed by atoms with van der Waals surface area (Å²) in [5.74, 6) is -3.68. The second kappa shape index (κ2) is 11.5. The molecule has 1 aliphatic carbocycles. The molecule has 42 heavy (non-hydrogen) atoms. The number of likely N-dealkylation sites (N-methyl/N-ethyl adjacent to an activating group) is 1. The van der Waals surface area contributed by atoms with Gasteiger partial charge in [-0.3, -0.25) is 4.90 Å². The van der Waals surface area contributed by atoms with Crippen molar-refractivity contribution in [2.75, 3.05) is 33.2 Å². The molecule has 0 amide bonds. The molecule has 1 saturated heterocycles. The summed E-state index contributed by atoms with van der Waals surface area (Å²) >= 11 is 0. The zero-order chi connectivity index (χ0) is 29.6. The third-order valence-corrected chi connectivity index (χ3v) is 10.8. The molecule has 2 fully saturated rings. The van der Waals surface area contributed by atoms with Crippen LogP contribution < -0.4 is 0 Å². The second-order valence-corrected chi connectivity index (χ2v) is 13.6. The van der Waals surface area contributed by atoms with Crippen LogP contribution in [0, 0.1) is 24.4 Å². The van der Waals surface area contributed by atoms with Crippen LogP contribution in [0.1, 0.15) is 42.9 Å². The summed E-state index contributed by atoms with van der Waals surface area (Å²) in [5.41, 5.74) is 1.97. The molecule has 10 heteroatoms. The number of piperazine rings is 1. The Hall–Kier alpha value is -3.21. The first-order chi connectivity index (χ1) is 20.1. The fourth-order valence-electron chi connectivity index (χ4n) is 6.57. The quantitative estimate of drug-likeness (QED) is 0.251. The molecular weight excluding hydrogens is 561 g/mol. The summed E-state index contributed by atoms with van der Waals surface area (Å²) in [5, 5.41) is 0.913. The Bertz CT molecular complexity index is 1720. The molecule has 222 valence electrons. The van der Waals surface area contributed by atoms with Crippen LogP contribution >= 0.6 is 0 Å². The average molecular weight is 597 g/mol. The number of halogens is 3. The molecule has 1 aliphatic heterocycles. The number of nitrogens with zero attached hydrogens (tertiary/aromatic N) is 4. The zero-order valence-electron chi connectivity index (χ0n) is 23.9. The molecule has 6 nitrogen and oxygen atoms in total. The highest BCUT2D eigenvalue weighted by Crippen LogP contribution is 2.38. The molecule has 3 heterocycles. The van der Waals surface area contributed by atoms with Crippen LogP contribution in [0.4, 0.5) is 13.2 Å². The Morgan fingerprint density at radius 3 is 2.33 bits per heavy atom. The van der Waals surface area contributed by atoms with E-state index in [0.717, 1.165) is 80.6 Å². The van der Waals surface area contributed by atoms with Crippen molar-refractivity contribution >= 4 is 20.9 Å². The predicted molar refractivity (Wildman–Crippen MR) is 157 cm³/mol. The lowest BCUT2D eigenvalue weighted by molar-refractivity contribution is 0.0828. The lowest BCUT2D eigenvalue weighted by Gasteiger charge is -2.41. The highest BCUT2D eigenvalue weighted by atomic mass is 32.2. The largest absolute Gasteiger partial charge is 0.329 e. The van der Waals surface area contributed by atoms with Gasteiger partial charge in [-0.1, -0.05) is 12.1 Å². The number of fused-ring (bicyclic) bond motifs is 1. The smallest absolute Gasteiger partial charge is 0.182 e. The SMILES string of the molecule is Cc1c(S(=O)(=O)Cc2ccc(-c3cn(C4CCC(N5CCN(C)CC5)CC4)c4ncccc34)cc2F)ccc(F)c1F. The molecule has 4 aromatic rings. The van der Waals surface area contributed by atoms with Gasteiger partial charge >= 0.3 is 0 Å². The molecular formula is C32H35F3N4O2S. The zero-order valence-corrected chi connectivity index (χ0v) is 24.7. The van der Waals surface area contributed by atoms with E-state index >= 15 is 4.39 Å². The van der Waals surface area contributed by atoms with Gasteiger partial charge in [0.2, 0.25) is 0 Å². The van der Waals surface area contributed by atoms with Gasteiger partial charge in [-0.15, -0.1) is 0 Å². The van der Waals surface area contributed by atoms with Crippen LogP contribution in [0.25, 0.3) is 22.2 Å². The third-order valence-electron chi connectivity index (χ3n) is 9.04. The van der Waals surface area contributed by atoms with E-state index in [2.05, 4.69) is 26.4 Å². The maximum atomic E-state index is 15.4. The fraction of sp³-hybridized carbons (Fsp3) is 0.406. The summed E-state index contributed by atoms with van der Waals surface area (Å²) in [6, 6.07) is 11.1. The van der Waals surface area contributed by atoms with Gasteiger partial charge in [-0.2, -0.15) is 0 Å². The van der Waals surface area contributed by atoms with Crippen molar-refractivity contribution < 1.29 is 21.6 Å². The van der Waals surface area contributed by atoms with Crippen molar-refractivity contribution in [2.24, 2.45) is 0 Å². The van der Waals surface area contributed by atoms with Crippen LogP contribution in [0.15, 0.2) is 59.8 Å². The summed E-state index contributed by atoms with van der Waals surface area (Å²) in [4.78, 5) is 9.34. The van der Waals surface area contributed by atoms with E-state index in [0.29, 0.717) is 17.6 Å². The standard InChI is InChI=1S/C32H35F3N4O2S/c1-21-30(12-11-28(33)31(21)35)42(40,41)20-23-6-5-22(18-29(23)34)27-19-39(32-26(27)4-3-13-36-32)25-9-7-24(8-10-25)38-16-14-37(2)15-17-38/h3-6,11-13,18-19,24-25H,7-10,14-17,20H2,1-2H3. The van der Waals surface area contributed by atoms with Crippen molar-refractivity contribution in [1.82, 2.24) is 19.4 Å². The van der Waals surface area contributed by atoms with E-state index in [-0.39, 0.29) is 16.0 Å². The van der Waals surface area contributed by atoms with Crippen LogP contribution in [0.3, 0.4) is 0 Å². The van der Waals surface area contributed by atoms with E-state index in [1.165, 1.54) is 19.1 Å². The molecule has 1 saturated carbocycles. The first-order valence-corrected chi connectivity index (χ1v) is 16.1. The Morgan fingerprint density at radius 1 is 0.905 bits per heavy atom. The molecule has 0 N–H and O–H groups in total. The monoisotopic (exact) mass is 596 g/mol. The normalized spacial score (nSPS) is 20.8. The van der Waals surface area contributed by atoms with E-state index in [1.807, 2.05) is 18.3 Å². The van der Waals surface area contributed by atoms with E-state index in [4.69, 9.17) is 0 Å². The van der Waals surface area contributed by atoms with Crippen LogP contribution in [-0.4, -0.2) is 67.0 Å². The molecule has 6 rings (SSSR count). The number of rotatable bonds is 6. The van der Waals surface area contributed by atoms with Gasteiger partial charge in [-0.05, 0) is 75.5 Å². The minimum absolute atomic E-state index is 0.0352. The van der Waals surface area contributed by atoms with Crippen molar-refractivity contribution in [3.8, 4) is 11.1 Å². The summed E-state index contributed by atoms with van der Waals surface area (Å²) in [6.45, 7) is 5.66. The molecule has 0 atom stereocenters. The van der Waals surface area contributed by atoms with E-state index in [9.17, 15) is 17.2 Å². The lowest BCUT2D eigenvalue weighted by atomic mass is 9.89. The van der Waals surface area contributed by atoms with Crippen LogP contribution in [0.5, 0.6) is 0 Å². The highest BCUT2D eigenvalue weighted by Gasteiger charge is 2.30. The minimum Gasteiger partial charge on any atom is -0.329 e. The van der Waals surface area contributed by atoms with Gasteiger partial charge in [0.15, 0.2) is 21.5 Å². The maximum absolute atomic E-state index is 15.4. The topological polar surface area (TPSA) is 58.4 Å². The van der Waals surface area contributed by atoms with Crippen molar-refractivity contribution in [2.45, 2.75) is 55.3 Å². The number of pyridine rings is 1. The number of aromatic nitrogens is 2. The molecule has 0 radical (unpaired) electrons. The van der Waals surface area contributed by atoms with Gasteiger partial charge in [0.25, 0.3) is 0 Å². The van der Waals surface area contributed by atoms with Gasteiger partial charge < -0.3 is 9.47 Å². The number of hydrogen-bond donors (Lipinski definition) is 0. The summed E-state index contributed by atoms with van der Waals surface area (Å²) < 4.78 is 71.2. The third kappa shape index (κ3) is 5.47. The molecule has 2 aromatic carbocycles. The van der Waals surface area contributed by atoms with Gasteiger partial charge in [0, 0.05) is 72.7 Å². The maximum Gasteiger partial charge on any atom is 0.182 e. The van der Waals surface area contributed by atoms with Crippen LogP contribution in [-0.2, 0) is 15.6 Å². The molecule has 0 unspecified atom stereocenters. The van der Waals surface area contributed by atoms with Gasteiger partial charge in [-0.25, -0.2) is 26.6 Å². The lowest BCUT2D eigenvalue weighted by Crippen LogP contribution is -2.49. The predicted octanol–water partition coefficient (Wildman–Crippen LogP) is 6.13. The Morgan fingerprint density at radius 2 is 1.62 bits per heavy atom. The molecule has 2 aliphatic rings. The van der Waals surface area contributed by atoms with Crippen LogP contribution in [0.2, 0.25) is 0 Å². The Kier molecular flexibility index (Phi) is 7.89. The Labute approximate surface area is 244 Å². The van der Waals surface area contributed by atoms with Gasteiger partial charge in [0.1, 0.15) is 11.5 Å². The van der Waals surface area contributed by atoms with Gasteiger partial charge in [0.05, 0.1) is 10.6 Å². The number of hydrogen-bond acceptors (Lipinski definition) is 5. The molecule has 2 aromatic heterocycles. The van der Waals surface area contributed by atoms with Crippen molar-refractivity contribution in [1.29, 1.82) is 0 Å². The Balaban J connectivity index is 1.24. The van der Waals surface area contributed by atoms with E-state index in [1.54, 1.807) is 12.3 Å². The molecule has 0 bridgehead atoms. The molecule has 0 spiro atoms. The van der Waals surface area contributed by atoms with Crippen molar-refractivity contribution in [3.63, 3.8) is 0 Å². The minimum atomic E-state index is -4.11. The van der Waals surface area contributed by atoms with Crippen molar-refractivity contribution in [3.05, 3.63) is 83.4 Å². The number of sulfone groups is 1. The first-order valence-electron chi connectivity index (χ1n) is 14.5. The fourth-order valence-corrected chi connectivity index (χ4v) is 8.20. The summed E-state index contributed by atoms with van der Waals surface area (Å²) in [6.07, 6.45) is 8.18. The highest BCUT2D eigenvalue weighted by molar-refractivity contribution is 7.90. The summed E-state index contributed by atoms with van der Waals surface area (Å²) in [7, 11) is -1.94.